The summed E-state index contributed by atoms with van der Waals surface area (Å²) in [7, 11) is 0. The monoisotopic (exact) mass is 250 g/mol. The summed E-state index contributed by atoms with van der Waals surface area (Å²) in [6, 6.07) is 6.85. The summed E-state index contributed by atoms with van der Waals surface area (Å²) in [5.74, 6) is -0.170. The molecule has 0 unspecified atom stereocenters. The van der Waals surface area contributed by atoms with Crippen molar-refractivity contribution in [3.63, 3.8) is 0 Å². The van der Waals surface area contributed by atoms with E-state index in [0.29, 0.717) is 11.1 Å². The Bertz CT molecular complexity index is 390. The molecule has 1 aromatic rings. The van der Waals surface area contributed by atoms with Crippen molar-refractivity contribution in [1.29, 1.82) is 0 Å². The van der Waals surface area contributed by atoms with Gasteiger partial charge in [0.2, 0.25) is 0 Å². The Hall–Kier alpha value is -1.09. The molecule has 1 aliphatic heterocycles. The second-order valence-corrected chi connectivity index (χ2v) is 5.95. The fourth-order valence-corrected chi connectivity index (χ4v) is 2.69. The van der Waals surface area contributed by atoms with Gasteiger partial charge in [0.1, 0.15) is 5.82 Å². The average Bonchev–Trinajstić information content (AvgIpc) is 2.30. The Morgan fingerprint density at radius 1 is 1.33 bits per heavy atom. The van der Waals surface area contributed by atoms with Crippen molar-refractivity contribution in [2.24, 2.45) is 5.41 Å². The molecule has 0 spiro atoms. The average molecular weight is 250 g/mol. The highest BCUT2D eigenvalue weighted by Gasteiger charge is 2.25. The first kappa shape index (κ1) is 13.3. The molecule has 1 N–H and O–H groups in total. The van der Waals surface area contributed by atoms with E-state index in [1.807, 2.05) is 6.07 Å². The number of rotatable bonds is 4. The smallest absolute Gasteiger partial charge is 0.146 e. The van der Waals surface area contributed by atoms with E-state index < -0.39 is 0 Å². The number of anilines is 1. The number of hydrogen-bond acceptors (Lipinski definition) is 2. The van der Waals surface area contributed by atoms with Gasteiger partial charge in [-0.25, -0.2) is 4.39 Å². The lowest BCUT2D eigenvalue weighted by atomic mass is 9.84. The number of hydrogen-bond donors (Lipinski definition) is 1. The number of nitrogens with zero attached hydrogens (tertiary/aromatic N) is 1. The van der Waals surface area contributed by atoms with E-state index >= 15 is 0 Å². The SMILES string of the molecule is CC1(C)CCCN(CCNc2ccccc2F)C1. The Balaban J connectivity index is 1.77. The van der Waals surface area contributed by atoms with Crippen molar-refractivity contribution in [3.05, 3.63) is 30.1 Å². The Morgan fingerprint density at radius 2 is 2.11 bits per heavy atom. The molecule has 0 atom stereocenters. The molecule has 0 aromatic heterocycles. The zero-order chi connectivity index (χ0) is 13.0. The number of benzene rings is 1. The van der Waals surface area contributed by atoms with Crippen LogP contribution in [0, 0.1) is 11.2 Å². The van der Waals surface area contributed by atoms with Crippen LogP contribution in [0.2, 0.25) is 0 Å². The van der Waals surface area contributed by atoms with Gasteiger partial charge in [-0.2, -0.15) is 0 Å². The molecule has 18 heavy (non-hydrogen) atoms. The van der Waals surface area contributed by atoms with E-state index in [1.165, 1.54) is 25.5 Å². The van der Waals surface area contributed by atoms with Crippen LogP contribution in [0.25, 0.3) is 0 Å². The van der Waals surface area contributed by atoms with Gasteiger partial charge in [-0.3, -0.25) is 0 Å². The number of piperidine rings is 1. The van der Waals surface area contributed by atoms with E-state index in [-0.39, 0.29) is 5.82 Å². The Kier molecular flexibility index (Phi) is 4.23. The van der Waals surface area contributed by atoms with Crippen molar-refractivity contribution in [3.8, 4) is 0 Å². The topological polar surface area (TPSA) is 15.3 Å². The zero-order valence-electron chi connectivity index (χ0n) is 11.4. The largest absolute Gasteiger partial charge is 0.381 e. The maximum atomic E-state index is 13.4. The van der Waals surface area contributed by atoms with E-state index in [1.54, 1.807) is 12.1 Å². The van der Waals surface area contributed by atoms with E-state index in [0.717, 1.165) is 19.6 Å². The van der Waals surface area contributed by atoms with Crippen LogP contribution in [0.15, 0.2) is 24.3 Å². The lowest BCUT2D eigenvalue weighted by Crippen LogP contribution is -2.42. The first-order valence-corrected chi connectivity index (χ1v) is 6.78. The summed E-state index contributed by atoms with van der Waals surface area (Å²) in [5, 5.41) is 3.17. The third kappa shape index (κ3) is 3.70. The van der Waals surface area contributed by atoms with Crippen LogP contribution >= 0.6 is 0 Å². The highest BCUT2D eigenvalue weighted by molar-refractivity contribution is 5.44. The van der Waals surface area contributed by atoms with Gasteiger partial charge < -0.3 is 10.2 Å². The minimum absolute atomic E-state index is 0.170. The first-order valence-electron chi connectivity index (χ1n) is 6.78. The molecule has 1 heterocycles. The van der Waals surface area contributed by atoms with Gasteiger partial charge in [-0.1, -0.05) is 26.0 Å². The number of halogens is 1. The van der Waals surface area contributed by atoms with Crippen molar-refractivity contribution >= 4 is 5.69 Å². The molecule has 0 saturated carbocycles. The van der Waals surface area contributed by atoms with Crippen LogP contribution in [0.4, 0.5) is 10.1 Å². The predicted octanol–water partition coefficient (Wildman–Crippen LogP) is 3.36. The van der Waals surface area contributed by atoms with E-state index in [4.69, 9.17) is 0 Å². The molecular formula is C15H23FN2. The molecule has 1 aromatic carbocycles. The fourth-order valence-electron chi connectivity index (χ4n) is 2.69. The van der Waals surface area contributed by atoms with Crippen LogP contribution in [0.5, 0.6) is 0 Å². The maximum absolute atomic E-state index is 13.4. The van der Waals surface area contributed by atoms with Crippen molar-refractivity contribution in [1.82, 2.24) is 4.90 Å². The van der Waals surface area contributed by atoms with Crippen LogP contribution in [-0.2, 0) is 0 Å². The number of likely N-dealkylation sites (tertiary alicyclic amines) is 1. The molecular weight excluding hydrogens is 227 g/mol. The third-order valence-electron chi connectivity index (χ3n) is 3.60. The third-order valence-corrected chi connectivity index (χ3v) is 3.60. The molecule has 1 aliphatic rings. The van der Waals surface area contributed by atoms with Gasteiger partial charge in [0.25, 0.3) is 0 Å². The number of nitrogens with one attached hydrogen (secondary N) is 1. The predicted molar refractivity (Wildman–Crippen MR) is 74.3 cm³/mol. The second kappa shape index (κ2) is 5.70. The van der Waals surface area contributed by atoms with Crippen molar-refractivity contribution < 1.29 is 4.39 Å². The van der Waals surface area contributed by atoms with Gasteiger partial charge in [-0.05, 0) is 36.9 Å². The Labute approximate surface area is 109 Å². The molecule has 0 aliphatic carbocycles. The van der Waals surface area contributed by atoms with Crippen LogP contribution in [0.1, 0.15) is 26.7 Å². The summed E-state index contributed by atoms with van der Waals surface area (Å²) in [6.45, 7) is 8.75. The molecule has 1 fully saturated rings. The summed E-state index contributed by atoms with van der Waals surface area (Å²) < 4.78 is 13.4. The second-order valence-electron chi connectivity index (χ2n) is 5.95. The highest BCUT2D eigenvalue weighted by Crippen LogP contribution is 2.28. The van der Waals surface area contributed by atoms with E-state index in [9.17, 15) is 4.39 Å². The number of para-hydroxylation sites is 1. The minimum Gasteiger partial charge on any atom is -0.381 e. The molecule has 0 amide bonds. The van der Waals surface area contributed by atoms with Crippen molar-refractivity contribution in [2.75, 3.05) is 31.5 Å². The van der Waals surface area contributed by atoms with Gasteiger partial charge in [-0.15, -0.1) is 0 Å². The standard InChI is InChI=1S/C15H23FN2/c1-15(2)8-5-10-18(12-15)11-9-17-14-7-4-3-6-13(14)16/h3-4,6-7,17H,5,8-12H2,1-2H3. The summed E-state index contributed by atoms with van der Waals surface area (Å²) >= 11 is 0. The van der Waals surface area contributed by atoms with Gasteiger partial charge >= 0.3 is 0 Å². The van der Waals surface area contributed by atoms with Gasteiger partial charge in [0.15, 0.2) is 0 Å². The quantitative estimate of drug-likeness (QED) is 0.881. The summed E-state index contributed by atoms with van der Waals surface area (Å²) in [6.07, 6.45) is 2.58. The molecule has 0 radical (unpaired) electrons. The van der Waals surface area contributed by atoms with Crippen molar-refractivity contribution in [2.45, 2.75) is 26.7 Å². The molecule has 2 rings (SSSR count). The lowest BCUT2D eigenvalue weighted by Gasteiger charge is -2.38. The molecule has 100 valence electrons. The minimum atomic E-state index is -0.170. The summed E-state index contributed by atoms with van der Waals surface area (Å²) in [5.41, 5.74) is 1.03. The van der Waals surface area contributed by atoms with Crippen LogP contribution in [0.3, 0.4) is 0 Å². The Morgan fingerprint density at radius 3 is 2.83 bits per heavy atom. The van der Waals surface area contributed by atoms with Crippen LogP contribution in [-0.4, -0.2) is 31.1 Å². The lowest BCUT2D eigenvalue weighted by molar-refractivity contribution is 0.122. The van der Waals surface area contributed by atoms with Crippen LogP contribution < -0.4 is 5.32 Å². The normalized spacial score (nSPS) is 19.7. The zero-order valence-corrected chi connectivity index (χ0v) is 11.4. The van der Waals surface area contributed by atoms with Gasteiger partial charge in [0.05, 0.1) is 5.69 Å². The molecule has 0 bridgehead atoms. The molecule has 1 saturated heterocycles. The first-order chi connectivity index (χ1) is 8.57. The maximum Gasteiger partial charge on any atom is 0.146 e. The molecule has 3 heteroatoms. The summed E-state index contributed by atoms with van der Waals surface area (Å²) in [4.78, 5) is 2.47. The van der Waals surface area contributed by atoms with E-state index in [2.05, 4.69) is 24.1 Å². The fraction of sp³-hybridized carbons (Fsp3) is 0.600. The van der Waals surface area contributed by atoms with Gasteiger partial charge in [0, 0.05) is 19.6 Å². The highest BCUT2D eigenvalue weighted by atomic mass is 19.1. The molecule has 2 nitrogen and oxygen atoms in total.